The maximum atomic E-state index is 14.2. The smallest absolute Gasteiger partial charge is 0.145 e. The molecule has 2 aromatic rings. The molecule has 108 valence electrons. The van der Waals surface area contributed by atoms with Gasteiger partial charge in [-0.3, -0.25) is 4.98 Å². The minimum atomic E-state index is -0.523. The summed E-state index contributed by atoms with van der Waals surface area (Å²) in [5.74, 6) is -0.0651. The van der Waals surface area contributed by atoms with Gasteiger partial charge in [0.15, 0.2) is 0 Å². The van der Waals surface area contributed by atoms with Crippen molar-refractivity contribution >= 4 is 16.6 Å². The Balaban J connectivity index is 2.17. The summed E-state index contributed by atoms with van der Waals surface area (Å²) in [7, 11) is 0. The summed E-state index contributed by atoms with van der Waals surface area (Å²) in [5, 5.41) is 9.94. The molecule has 4 nitrogen and oxygen atoms in total. The normalized spacial score (nSPS) is 22.3. The summed E-state index contributed by atoms with van der Waals surface area (Å²) in [6.45, 7) is 3.68. The lowest BCUT2D eigenvalue weighted by Gasteiger charge is -2.37. The number of nitriles is 1. The molecule has 0 radical (unpaired) electrons. The van der Waals surface area contributed by atoms with E-state index in [1.54, 1.807) is 12.3 Å². The topological polar surface area (TPSA) is 65.9 Å². The number of fused-ring (bicyclic) bond motifs is 1. The molecule has 21 heavy (non-hydrogen) atoms. The molecule has 1 aliphatic heterocycles. The summed E-state index contributed by atoms with van der Waals surface area (Å²) in [5.41, 5.74) is 7.28. The van der Waals surface area contributed by atoms with E-state index in [2.05, 4.69) is 16.8 Å². The van der Waals surface area contributed by atoms with Gasteiger partial charge in [-0.05, 0) is 30.5 Å². The van der Waals surface area contributed by atoms with Crippen LogP contribution in [0.15, 0.2) is 24.4 Å². The molecule has 1 fully saturated rings. The Morgan fingerprint density at radius 1 is 1.48 bits per heavy atom. The molecule has 2 atom stereocenters. The highest BCUT2D eigenvalue weighted by atomic mass is 19.1. The minimum Gasteiger partial charge on any atom is -0.369 e. The zero-order valence-corrected chi connectivity index (χ0v) is 11.9. The molecule has 0 saturated carbocycles. The number of halogens is 1. The van der Waals surface area contributed by atoms with Crippen LogP contribution in [0.25, 0.3) is 10.9 Å². The Morgan fingerprint density at radius 2 is 2.29 bits per heavy atom. The van der Waals surface area contributed by atoms with Crippen LogP contribution in [0.5, 0.6) is 0 Å². The second-order valence-corrected chi connectivity index (χ2v) is 5.77. The van der Waals surface area contributed by atoms with Crippen molar-refractivity contribution in [2.75, 3.05) is 18.0 Å². The lowest BCUT2D eigenvalue weighted by atomic mass is 9.95. The van der Waals surface area contributed by atoms with Crippen LogP contribution >= 0.6 is 0 Å². The number of aromatic nitrogens is 1. The number of piperidine rings is 1. The first kappa shape index (κ1) is 13.8. The fourth-order valence-corrected chi connectivity index (χ4v) is 3.16. The van der Waals surface area contributed by atoms with Crippen LogP contribution in [-0.2, 0) is 0 Å². The van der Waals surface area contributed by atoms with Gasteiger partial charge in [0.1, 0.15) is 17.4 Å². The molecule has 1 aliphatic rings. The number of hydrogen-bond donors (Lipinski definition) is 1. The maximum absolute atomic E-state index is 14.2. The third-order valence-corrected chi connectivity index (χ3v) is 3.97. The summed E-state index contributed by atoms with van der Waals surface area (Å²) >= 11 is 0. The highest BCUT2D eigenvalue weighted by Crippen LogP contribution is 2.32. The third-order valence-electron chi connectivity index (χ3n) is 3.97. The molecule has 1 aromatic heterocycles. The van der Waals surface area contributed by atoms with E-state index in [-0.39, 0.29) is 11.6 Å². The molecule has 2 N–H and O–H groups in total. The third kappa shape index (κ3) is 2.43. The molecule has 2 unspecified atom stereocenters. The Morgan fingerprint density at radius 3 is 3.00 bits per heavy atom. The van der Waals surface area contributed by atoms with Crippen LogP contribution < -0.4 is 10.6 Å². The van der Waals surface area contributed by atoms with Gasteiger partial charge >= 0.3 is 0 Å². The summed E-state index contributed by atoms with van der Waals surface area (Å²) in [6.07, 6.45) is 2.56. The van der Waals surface area contributed by atoms with Crippen LogP contribution in [0, 0.1) is 23.1 Å². The number of nitrogens with two attached hydrogens (primary N) is 1. The Bertz CT molecular complexity index is 712. The first-order valence-corrected chi connectivity index (χ1v) is 7.08. The lowest BCUT2D eigenvalue weighted by molar-refractivity contribution is 0.402. The summed E-state index contributed by atoms with van der Waals surface area (Å²) < 4.78 is 14.2. The van der Waals surface area contributed by atoms with Crippen molar-refractivity contribution in [1.29, 1.82) is 5.26 Å². The van der Waals surface area contributed by atoms with Gasteiger partial charge in [0.25, 0.3) is 0 Å². The van der Waals surface area contributed by atoms with Crippen molar-refractivity contribution in [2.24, 2.45) is 11.7 Å². The van der Waals surface area contributed by atoms with Gasteiger partial charge in [-0.25, -0.2) is 4.39 Å². The number of hydrogen-bond acceptors (Lipinski definition) is 4. The molecule has 1 saturated heterocycles. The fourth-order valence-electron chi connectivity index (χ4n) is 3.16. The van der Waals surface area contributed by atoms with Crippen LogP contribution in [-0.4, -0.2) is 24.1 Å². The van der Waals surface area contributed by atoms with Gasteiger partial charge in [-0.15, -0.1) is 0 Å². The van der Waals surface area contributed by atoms with E-state index in [1.807, 2.05) is 12.1 Å². The van der Waals surface area contributed by atoms with Gasteiger partial charge in [0, 0.05) is 36.4 Å². The molecule has 0 aliphatic carbocycles. The second kappa shape index (κ2) is 5.30. The number of benzene rings is 1. The van der Waals surface area contributed by atoms with Crippen LogP contribution in [0.2, 0.25) is 0 Å². The minimum absolute atomic E-state index is 0.00343. The summed E-state index contributed by atoms with van der Waals surface area (Å²) in [6, 6.07) is 7.11. The predicted molar refractivity (Wildman–Crippen MR) is 80.4 cm³/mol. The van der Waals surface area contributed by atoms with E-state index in [4.69, 9.17) is 11.0 Å². The van der Waals surface area contributed by atoms with Gasteiger partial charge in [-0.1, -0.05) is 6.92 Å². The van der Waals surface area contributed by atoms with Crippen molar-refractivity contribution in [3.63, 3.8) is 0 Å². The van der Waals surface area contributed by atoms with Gasteiger partial charge in [0.05, 0.1) is 5.52 Å². The molecule has 5 heteroatoms. The molecular formula is C16H17FN4. The Labute approximate surface area is 123 Å². The fraction of sp³-hybridized carbons (Fsp3) is 0.375. The van der Waals surface area contributed by atoms with Crippen molar-refractivity contribution in [2.45, 2.75) is 19.4 Å². The maximum Gasteiger partial charge on any atom is 0.145 e. The van der Waals surface area contributed by atoms with E-state index in [1.165, 1.54) is 6.07 Å². The zero-order chi connectivity index (χ0) is 15.0. The van der Waals surface area contributed by atoms with Crippen molar-refractivity contribution < 1.29 is 4.39 Å². The lowest BCUT2D eigenvalue weighted by Crippen LogP contribution is -2.46. The Kier molecular flexibility index (Phi) is 3.48. The number of anilines is 1. The number of rotatable bonds is 1. The molecule has 1 aromatic carbocycles. The molecular weight excluding hydrogens is 267 g/mol. The highest BCUT2D eigenvalue weighted by Gasteiger charge is 2.25. The first-order valence-electron chi connectivity index (χ1n) is 7.08. The van der Waals surface area contributed by atoms with Crippen LogP contribution in [0.4, 0.5) is 10.1 Å². The molecule has 0 bridgehead atoms. The molecule has 0 spiro atoms. The SMILES string of the molecule is CC1CC(N)CN(c2cc(F)c(C#N)c3ncccc23)C1. The zero-order valence-electron chi connectivity index (χ0n) is 11.9. The van der Waals surface area contributed by atoms with E-state index in [0.717, 1.165) is 24.0 Å². The quantitative estimate of drug-likeness (QED) is 0.873. The number of pyridine rings is 1. The van der Waals surface area contributed by atoms with Gasteiger partial charge < -0.3 is 10.6 Å². The van der Waals surface area contributed by atoms with E-state index >= 15 is 0 Å². The number of nitrogens with zero attached hydrogens (tertiary/aromatic N) is 3. The van der Waals surface area contributed by atoms with Crippen molar-refractivity contribution in [1.82, 2.24) is 4.98 Å². The molecule has 3 rings (SSSR count). The standard InChI is InChI=1S/C16H17FN4/c1-10-5-11(19)9-21(8-10)15-6-14(17)13(7-18)16-12(15)3-2-4-20-16/h2-4,6,10-11H,5,8-9,19H2,1H3. The van der Waals surface area contributed by atoms with Gasteiger partial charge in [0.2, 0.25) is 0 Å². The average Bonchev–Trinajstić information content (AvgIpc) is 2.45. The second-order valence-electron chi connectivity index (χ2n) is 5.77. The van der Waals surface area contributed by atoms with Crippen molar-refractivity contribution in [3.8, 4) is 6.07 Å². The van der Waals surface area contributed by atoms with Gasteiger partial charge in [-0.2, -0.15) is 5.26 Å². The van der Waals surface area contributed by atoms with E-state index < -0.39 is 5.82 Å². The monoisotopic (exact) mass is 284 g/mol. The Hall–Kier alpha value is -2.19. The largest absolute Gasteiger partial charge is 0.369 e. The molecule has 2 heterocycles. The van der Waals surface area contributed by atoms with E-state index in [9.17, 15) is 4.39 Å². The molecule has 0 amide bonds. The van der Waals surface area contributed by atoms with E-state index in [0.29, 0.717) is 18.0 Å². The van der Waals surface area contributed by atoms with Crippen molar-refractivity contribution in [3.05, 3.63) is 35.8 Å². The van der Waals surface area contributed by atoms with Crippen LogP contribution in [0.1, 0.15) is 18.9 Å². The highest BCUT2D eigenvalue weighted by molar-refractivity contribution is 5.95. The average molecular weight is 284 g/mol. The first-order chi connectivity index (χ1) is 10.1. The predicted octanol–water partition coefficient (Wildman–Crippen LogP) is 2.42. The summed E-state index contributed by atoms with van der Waals surface area (Å²) in [4.78, 5) is 6.29. The van der Waals surface area contributed by atoms with Crippen LogP contribution in [0.3, 0.4) is 0 Å².